The van der Waals surface area contributed by atoms with Crippen LogP contribution in [0.1, 0.15) is 6.92 Å². The topological polar surface area (TPSA) is 52.7 Å². The summed E-state index contributed by atoms with van der Waals surface area (Å²) in [6, 6.07) is 0.239. The molecule has 0 amide bonds. The van der Waals surface area contributed by atoms with Crippen molar-refractivity contribution in [2.24, 2.45) is 0 Å². The third-order valence-electron chi connectivity index (χ3n) is 2.12. The normalized spacial score (nSPS) is 24.7. The fourth-order valence-electron chi connectivity index (χ4n) is 1.34. The van der Waals surface area contributed by atoms with E-state index in [0.29, 0.717) is 13.1 Å². The number of halogens is 1. The molecule has 0 aromatic rings. The van der Waals surface area contributed by atoms with Gasteiger partial charge >= 0.3 is 0 Å². The lowest BCUT2D eigenvalue weighted by atomic mass is 10.3. The summed E-state index contributed by atoms with van der Waals surface area (Å²) in [4.78, 5) is 0. The maximum atomic E-state index is 11.7. The summed E-state index contributed by atoms with van der Waals surface area (Å²) in [5.41, 5.74) is 0. The van der Waals surface area contributed by atoms with E-state index in [1.54, 1.807) is 14.1 Å². The van der Waals surface area contributed by atoms with Gasteiger partial charge in [0.1, 0.15) is 0 Å². The monoisotopic (exact) mass is 243 g/mol. The Labute approximate surface area is 92.0 Å². The lowest BCUT2D eigenvalue weighted by Gasteiger charge is -2.32. The second-order valence-corrected chi connectivity index (χ2v) is 5.65. The Balaban J connectivity index is 0.00000169. The van der Waals surface area contributed by atoms with Gasteiger partial charge in [-0.25, -0.2) is 0 Å². The lowest BCUT2D eigenvalue weighted by molar-refractivity contribution is 0.294. The van der Waals surface area contributed by atoms with Crippen molar-refractivity contribution in [3.05, 3.63) is 0 Å². The summed E-state index contributed by atoms with van der Waals surface area (Å²) in [5, 5.41) is 3.20. The molecule has 0 aliphatic carbocycles. The van der Waals surface area contributed by atoms with E-state index in [-0.39, 0.29) is 18.4 Å². The van der Waals surface area contributed by atoms with E-state index in [4.69, 9.17) is 0 Å². The van der Waals surface area contributed by atoms with Gasteiger partial charge in [0, 0.05) is 39.8 Å². The summed E-state index contributed by atoms with van der Waals surface area (Å²) < 4.78 is 26.1. The van der Waals surface area contributed by atoms with Crippen molar-refractivity contribution in [1.29, 1.82) is 0 Å². The van der Waals surface area contributed by atoms with Crippen molar-refractivity contribution in [3.8, 4) is 0 Å². The molecule has 1 unspecified atom stereocenters. The zero-order chi connectivity index (χ0) is 10.1. The first-order valence-corrected chi connectivity index (χ1v) is 5.75. The highest BCUT2D eigenvalue weighted by atomic mass is 35.5. The first-order chi connectivity index (χ1) is 5.94. The van der Waals surface area contributed by atoms with E-state index in [0.717, 1.165) is 6.54 Å². The Morgan fingerprint density at radius 1 is 1.43 bits per heavy atom. The number of hydrogen-bond donors (Lipinski definition) is 1. The molecule has 0 aromatic carbocycles. The Kier molecular flexibility index (Phi) is 5.32. The van der Waals surface area contributed by atoms with Crippen molar-refractivity contribution < 1.29 is 8.42 Å². The summed E-state index contributed by atoms with van der Waals surface area (Å²) in [6.45, 7) is 3.83. The number of hydrogen-bond acceptors (Lipinski definition) is 3. The van der Waals surface area contributed by atoms with Crippen molar-refractivity contribution in [1.82, 2.24) is 13.9 Å². The van der Waals surface area contributed by atoms with E-state index in [1.165, 1.54) is 8.61 Å². The number of nitrogens with one attached hydrogen (secondary N) is 1. The first-order valence-electron chi connectivity index (χ1n) is 4.35. The fourth-order valence-corrected chi connectivity index (χ4v) is 2.53. The molecule has 1 heterocycles. The highest BCUT2D eigenvalue weighted by molar-refractivity contribution is 7.86. The minimum Gasteiger partial charge on any atom is -0.312 e. The standard InChI is InChI=1S/C7H17N3O2S.ClH/c1-7-6-10(5-4-8-7)13(11,12)9(2)3;/h7-8H,4-6H2,1-3H3;1H. The maximum absolute atomic E-state index is 11.7. The van der Waals surface area contributed by atoms with Gasteiger partial charge in [0.15, 0.2) is 0 Å². The van der Waals surface area contributed by atoms with Crippen molar-refractivity contribution in [2.45, 2.75) is 13.0 Å². The van der Waals surface area contributed by atoms with Gasteiger partial charge in [-0.15, -0.1) is 12.4 Å². The van der Waals surface area contributed by atoms with Crippen LogP contribution in [0.25, 0.3) is 0 Å². The minimum absolute atomic E-state index is 0. The molecule has 0 aromatic heterocycles. The first kappa shape index (κ1) is 14.1. The van der Waals surface area contributed by atoms with Crippen LogP contribution in [-0.4, -0.2) is 56.8 Å². The molecular weight excluding hydrogens is 226 g/mol. The molecule has 1 aliphatic heterocycles. The predicted molar refractivity (Wildman–Crippen MR) is 58.9 cm³/mol. The van der Waals surface area contributed by atoms with Gasteiger partial charge in [-0.05, 0) is 6.92 Å². The molecule has 0 saturated carbocycles. The molecule has 5 nitrogen and oxygen atoms in total. The van der Waals surface area contributed by atoms with Crippen LogP contribution in [0.15, 0.2) is 0 Å². The molecule has 86 valence electrons. The molecule has 0 spiro atoms. The van der Waals surface area contributed by atoms with Crippen LogP contribution in [0.4, 0.5) is 0 Å². The smallest absolute Gasteiger partial charge is 0.281 e. The molecule has 1 rings (SSSR count). The zero-order valence-electron chi connectivity index (χ0n) is 8.73. The molecule has 14 heavy (non-hydrogen) atoms. The van der Waals surface area contributed by atoms with Crippen LogP contribution in [0.3, 0.4) is 0 Å². The van der Waals surface area contributed by atoms with Crippen LogP contribution in [0.2, 0.25) is 0 Å². The van der Waals surface area contributed by atoms with Crippen LogP contribution >= 0.6 is 12.4 Å². The van der Waals surface area contributed by atoms with Gasteiger partial charge in [0.25, 0.3) is 10.2 Å². The third kappa shape index (κ3) is 3.06. The van der Waals surface area contributed by atoms with E-state index < -0.39 is 10.2 Å². The van der Waals surface area contributed by atoms with Gasteiger partial charge in [-0.1, -0.05) is 0 Å². The Bertz CT molecular complexity index is 268. The van der Waals surface area contributed by atoms with Gasteiger partial charge in [0.2, 0.25) is 0 Å². The largest absolute Gasteiger partial charge is 0.312 e. The molecule has 0 bridgehead atoms. The lowest BCUT2D eigenvalue weighted by Crippen LogP contribution is -2.53. The summed E-state index contributed by atoms with van der Waals surface area (Å²) in [7, 11) is -0.0911. The molecule has 1 fully saturated rings. The van der Waals surface area contributed by atoms with Crippen LogP contribution < -0.4 is 5.32 Å². The molecule has 1 aliphatic rings. The highest BCUT2D eigenvalue weighted by Gasteiger charge is 2.28. The molecule has 0 radical (unpaired) electrons. The summed E-state index contributed by atoms with van der Waals surface area (Å²) in [6.07, 6.45) is 0. The quantitative estimate of drug-likeness (QED) is 0.712. The fraction of sp³-hybridized carbons (Fsp3) is 1.00. The molecule has 1 N–H and O–H groups in total. The Morgan fingerprint density at radius 2 is 2.00 bits per heavy atom. The van der Waals surface area contributed by atoms with Gasteiger partial charge in [0.05, 0.1) is 0 Å². The van der Waals surface area contributed by atoms with Gasteiger partial charge in [-0.3, -0.25) is 0 Å². The molecule has 1 atom stereocenters. The highest BCUT2D eigenvalue weighted by Crippen LogP contribution is 2.07. The number of nitrogens with zero attached hydrogens (tertiary/aromatic N) is 2. The average Bonchev–Trinajstić information content (AvgIpc) is 2.04. The second-order valence-electron chi connectivity index (χ2n) is 3.50. The molecule has 7 heteroatoms. The zero-order valence-corrected chi connectivity index (χ0v) is 10.4. The molecular formula is C7H18ClN3O2S. The Morgan fingerprint density at radius 3 is 2.43 bits per heavy atom. The van der Waals surface area contributed by atoms with Gasteiger partial charge in [-0.2, -0.15) is 17.0 Å². The third-order valence-corrected chi connectivity index (χ3v) is 4.03. The average molecular weight is 244 g/mol. The molecule has 1 saturated heterocycles. The van der Waals surface area contributed by atoms with E-state index >= 15 is 0 Å². The summed E-state index contributed by atoms with van der Waals surface area (Å²) in [5.74, 6) is 0. The van der Waals surface area contributed by atoms with Crippen LogP contribution in [0.5, 0.6) is 0 Å². The van der Waals surface area contributed by atoms with E-state index in [9.17, 15) is 8.42 Å². The SMILES string of the molecule is CC1CN(S(=O)(=O)N(C)C)CCN1.Cl. The number of piperazine rings is 1. The summed E-state index contributed by atoms with van der Waals surface area (Å²) >= 11 is 0. The van der Waals surface area contributed by atoms with Crippen molar-refractivity contribution in [2.75, 3.05) is 33.7 Å². The predicted octanol–water partition coefficient (Wildman–Crippen LogP) is -0.492. The number of rotatable bonds is 2. The maximum Gasteiger partial charge on any atom is 0.281 e. The van der Waals surface area contributed by atoms with E-state index in [2.05, 4.69) is 5.32 Å². The van der Waals surface area contributed by atoms with Crippen molar-refractivity contribution >= 4 is 22.6 Å². The van der Waals surface area contributed by atoms with Gasteiger partial charge < -0.3 is 5.32 Å². The Hall–Kier alpha value is 0.120. The van der Waals surface area contributed by atoms with Crippen LogP contribution in [-0.2, 0) is 10.2 Å². The van der Waals surface area contributed by atoms with E-state index in [1.807, 2.05) is 6.92 Å². The van der Waals surface area contributed by atoms with Crippen molar-refractivity contribution in [3.63, 3.8) is 0 Å². The minimum atomic E-state index is -3.21. The second kappa shape index (κ2) is 5.27. The van der Waals surface area contributed by atoms with Crippen LogP contribution in [0, 0.1) is 0 Å².